The summed E-state index contributed by atoms with van der Waals surface area (Å²) in [5.74, 6) is 2.72. The number of piperazine rings is 1. The van der Waals surface area contributed by atoms with Crippen LogP contribution in [-0.2, 0) is 4.79 Å². The molecule has 1 aliphatic heterocycles. The van der Waals surface area contributed by atoms with E-state index in [1.54, 1.807) is 0 Å². The first-order valence-corrected chi connectivity index (χ1v) is 12.2. The number of rotatable bonds is 6. The van der Waals surface area contributed by atoms with Crippen LogP contribution in [0.5, 0.6) is 0 Å². The molecular weight excluding hydrogens is 372 g/mol. The van der Waals surface area contributed by atoms with Gasteiger partial charge in [0.05, 0.1) is 0 Å². The lowest BCUT2D eigenvalue weighted by Crippen LogP contribution is -2.61. The molecule has 1 aromatic carbocycles. The number of nitrogens with one attached hydrogen (secondary N) is 2. The Morgan fingerprint density at radius 2 is 1.57 bits per heavy atom. The van der Waals surface area contributed by atoms with E-state index < -0.39 is 0 Å². The van der Waals surface area contributed by atoms with E-state index >= 15 is 0 Å². The minimum absolute atomic E-state index is 0.0895. The number of hydrogen-bond donors (Lipinski definition) is 2. The Hall–Kier alpha value is -1.75. The summed E-state index contributed by atoms with van der Waals surface area (Å²) in [4.78, 5) is 18.0. The zero-order valence-electron chi connectivity index (χ0n) is 18.7. The monoisotopic (exact) mass is 410 g/mol. The van der Waals surface area contributed by atoms with Gasteiger partial charge in [-0.3, -0.25) is 4.79 Å². The molecule has 5 nitrogen and oxygen atoms in total. The highest BCUT2D eigenvalue weighted by Gasteiger charge is 2.51. The van der Waals surface area contributed by atoms with Gasteiger partial charge in [-0.15, -0.1) is 0 Å². The van der Waals surface area contributed by atoms with Crippen LogP contribution in [0.2, 0.25) is 0 Å². The van der Waals surface area contributed by atoms with E-state index in [1.807, 2.05) is 6.92 Å². The van der Waals surface area contributed by atoms with Crippen LogP contribution in [0.3, 0.4) is 0 Å². The molecule has 0 unspecified atom stereocenters. The Kier molecular flexibility index (Phi) is 5.42. The average Bonchev–Trinajstić information content (AvgIpc) is 2.73. The van der Waals surface area contributed by atoms with Crippen LogP contribution < -0.4 is 15.5 Å². The van der Waals surface area contributed by atoms with Crippen LogP contribution in [0.15, 0.2) is 24.3 Å². The molecular formula is C25H38N4O. The standard InChI is InChI=1S/C25H38N4O/c1-3-28-8-10-29(11-9-28)23-6-4-22(5-7-23)26-18(2)24(30)27-25-15-19-12-20(16-25)14-21(13-19)17-25/h4-7,18-21,26H,3,8-17H2,1-2H3,(H,27,30)/t18-,19?,20?,21?,25?/m0/s1. The SMILES string of the molecule is CCN1CCN(c2ccc(N[C@@H](C)C(=O)NC34CC5CC(CC(C5)C3)C4)cc2)CC1. The Morgan fingerprint density at radius 1 is 1.00 bits per heavy atom. The number of nitrogens with zero attached hydrogens (tertiary/aromatic N) is 2. The van der Waals surface area contributed by atoms with Gasteiger partial charge >= 0.3 is 0 Å². The van der Waals surface area contributed by atoms with Crippen LogP contribution in [0.4, 0.5) is 11.4 Å². The lowest BCUT2D eigenvalue weighted by atomic mass is 9.53. The summed E-state index contributed by atoms with van der Waals surface area (Å²) in [6.07, 6.45) is 7.83. The van der Waals surface area contributed by atoms with Crippen molar-refractivity contribution in [2.24, 2.45) is 17.8 Å². The van der Waals surface area contributed by atoms with Gasteiger partial charge in [0, 0.05) is 43.1 Å². The van der Waals surface area contributed by atoms with Crippen molar-refractivity contribution in [1.29, 1.82) is 0 Å². The van der Waals surface area contributed by atoms with Crippen molar-refractivity contribution in [3.63, 3.8) is 0 Å². The van der Waals surface area contributed by atoms with Crippen molar-refractivity contribution in [1.82, 2.24) is 10.2 Å². The Bertz CT molecular complexity index is 718. The minimum atomic E-state index is -0.211. The molecule has 1 heterocycles. The van der Waals surface area contributed by atoms with Crippen LogP contribution in [0, 0.1) is 17.8 Å². The molecule has 1 atom stereocenters. The molecule has 1 amide bonds. The fraction of sp³-hybridized carbons (Fsp3) is 0.720. The van der Waals surface area contributed by atoms with E-state index in [2.05, 4.69) is 51.6 Å². The predicted molar refractivity (Wildman–Crippen MR) is 123 cm³/mol. The third-order valence-electron chi connectivity index (χ3n) is 8.26. The van der Waals surface area contributed by atoms with Gasteiger partial charge in [-0.25, -0.2) is 0 Å². The third-order valence-corrected chi connectivity index (χ3v) is 8.26. The maximum Gasteiger partial charge on any atom is 0.242 e. The second-order valence-electron chi connectivity index (χ2n) is 10.5. The topological polar surface area (TPSA) is 47.6 Å². The van der Waals surface area contributed by atoms with Crippen LogP contribution in [0.1, 0.15) is 52.4 Å². The van der Waals surface area contributed by atoms with Gasteiger partial charge in [0.2, 0.25) is 5.91 Å². The molecule has 30 heavy (non-hydrogen) atoms. The van der Waals surface area contributed by atoms with Crippen LogP contribution >= 0.6 is 0 Å². The largest absolute Gasteiger partial charge is 0.374 e. The summed E-state index contributed by atoms with van der Waals surface area (Å²) in [5.41, 5.74) is 2.40. The van der Waals surface area contributed by atoms with Crippen LogP contribution in [-0.4, -0.2) is 55.1 Å². The molecule has 5 fully saturated rings. The fourth-order valence-corrected chi connectivity index (χ4v) is 7.04. The van der Waals surface area contributed by atoms with Crippen molar-refractivity contribution >= 4 is 17.3 Å². The molecule has 4 bridgehead atoms. The van der Waals surface area contributed by atoms with Gasteiger partial charge in [0.25, 0.3) is 0 Å². The molecule has 2 N–H and O–H groups in total. The molecule has 5 aliphatic rings. The Balaban J connectivity index is 1.16. The lowest BCUT2D eigenvalue weighted by molar-refractivity contribution is -0.127. The highest BCUT2D eigenvalue weighted by atomic mass is 16.2. The predicted octanol–water partition coefficient (Wildman–Crippen LogP) is 3.71. The number of hydrogen-bond acceptors (Lipinski definition) is 4. The zero-order chi connectivity index (χ0) is 20.7. The average molecular weight is 411 g/mol. The summed E-state index contributed by atoms with van der Waals surface area (Å²) in [7, 11) is 0. The normalized spacial score (nSPS) is 34.1. The maximum atomic E-state index is 13.0. The van der Waals surface area contributed by atoms with Gasteiger partial charge in [-0.1, -0.05) is 6.92 Å². The number of likely N-dealkylation sites (N-methyl/N-ethyl adjacent to an activating group) is 1. The molecule has 0 aromatic heterocycles. The first kappa shape index (κ1) is 20.2. The quantitative estimate of drug-likeness (QED) is 0.751. The molecule has 4 aliphatic carbocycles. The van der Waals surface area contributed by atoms with Crippen molar-refractivity contribution < 1.29 is 4.79 Å². The van der Waals surface area contributed by atoms with Crippen molar-refractivity contribution in [2.45, 2.75) is 64.0 Å². The second-order valence-corrected chi connectivity index (χ2v) is 10.5. The Morgan fingerprint density at radius 3 is 2.10 bits per heavy atom. The molecule has 5 heteroatoms. The number of carbonyl (C=O) groups excluding carboxylic acids is 1. The molecule has 1 aromatic rings. The smallest absolute Gasteiger partial charge is 0.242 e. The van der Waals surface area contributed by atoms with E-state index in [0.29, 0.717) is 0 Å². The second kappa shape index (κ2) is 8.07. The van der Waals surface area contributed by atoms with E-state index in [9.17, 15) is 4.79 Å². The van der Waals surface area contributed by atoms with Crippen molar-refractivity contribution in [3.05, 3.63) is 24.3 Å². The molecule has 6 rings (SSSR count). The summed E-state index contributed by atoms with van der Waals surface area (Å²) in [5, 5.41) is 6.93. The zero-order valence-corrected chi connectivity index (χ0v) is 18.7. The molecule has 164 valence electrons. The summed E-state index contributed by atoms with van der Waals surface area (Å²) in [6.45, 7) is 9.81. The lowest BCUT2D eigenvalue weighted by Gasteiger charge is -2.57. The molecule has 4 saturated carbocycles. The van der Waals surface area contributed by atoms with E-state index in [1.165, 1.54) is 44.2 Å². The number of anilines is 2. The van der Waals surface area contributed by atoms with E-state index in [-0.39, 0.29) is 17.5 Å². The molecule has 0 spiro atoms. The third kappa shape index (κ3) is 4.05. The Labute approximate surface area is 181 Å². The number of amides is 1. The van der Waals surface area contributed by atoms with E-state index in [0.717, 1.165) is 56.2 Å². The van der Waals surface area contributed by atoms with Gasteiger partial charge in [-0.2, -0.15) is 0 Å². The van der Waals surface area contributed by atoms with Gasteiger partial charge in [-0.05, 0) is 94.0 Å². The minimum Gasteiger partial charge on any atom is -0.374 e. The highest BCUT2D eigenvalue weighted by molar-refractivity contribution is 5.85. The summed E-state index contributed by atoms with van der Waals surface area (Å²) in [6, 6.07) is 8.41. The summed E-state index contributed by atoms with van der Waals surface area (Å²) < 4.78 is 0. The van der Waals surface area contributed by atoms with Gasteiger partial charge < -0.3 is 20.4 Å². The number of benzene rings is 1. The first-order chi connectivity index (χ1) is 14.5. The van der Waals surface area contributed by atoms with Gasteiger partial charge in [0.15, 0.2) is 0 Å². The fourth-order valence-electron chi connectivity index (χ4n) is 7.04. The van der Waals surface area contributed by atoms with Crippen molar-refractivity contribution in [3.8, 4) is 0 Å². The van der Waals surface area contributed by atoms with Crippen molar-refractivity contribution in [2.75, 3.05) is 42.9 Å². The van der Waals surface area contributed by atoms with Crippen LogP contribution in [0.25, 0.3) is 0 Å². The first-order valence-electron chi connectivity index (χ1n) is 12.2. The molecule has 0 radical (unpaired) electrons. The highest BCUT2D eigenvalue weighted by Crippen LogP contribution is 2.55. The molecule has 1 saturated heterocycles. The maximum absolute atomic E-state index is 13.0. The van der Waals surface area contributed by atoms with E-state index in [4.69, 9.17) is 0 Å². The summed E-state index contributed by atoms with van der Waals surface area (Å²) >= 11 is 0. The number of carbonyl (C=O) groups is 1. The van der Waals surface area contributed by atoms with Gasteiger partial charge in [0.1, 0.15) is 6.04 Å².